The van der Waals surface area contributed by atoms with Crippen molar-refractivity contribution in [3.05, 3.63) is 65.5 Å². The third-order valence-electron chi connectivity index (χ3n) is 2.95. The van der Waals surface area contributed by atoms with E-state index in [-0.39, 0.29) is 13.2 Å². The summed E-state index contributed by atoms with van der Waals surface area (Å²) in [4.78, 5) is 15.5. The maximum atomic E-state index is 11.5. The molecule has 2 N–H and O–H groups in total. The van der Waals surface area contributed by atoms with Crippen LogP contribution in [0.2, 0.25) is 0 Å². The first-order valence-corrected chi connectivity index (χ1v) is 7.27. The summed E-state index contributed by atoms with van der Waals surface area (Å²) < 4.78 is 5.09. The number of aliphatic hydroxyl groups excluding tert-OH is 1. The van der Waals surface area contributed by atoms with E-state index in [9.17, 15) is 4.79 Å². The molecule has 0 atom stereocenters. The predicted molar refractivity (Wildman–Crippen MR) is 86.3 cm³/mol. The normalized spacial score (nSPS) is 9.61. The molecule has 0 aliphatic heterocycles. The van der Waals surface area contributed by atoms with Crippen LogP contribution in [0.25, 0.3) is 0 Å². The molecule has 0 saturated carbocycles. The molecule has 1 aromatic heterocycles. The highest BCUT2D eigenvalue weighted by Gasteiger charge is 2.00. The summed E-state index contributed by atoms with van der Waals surface area (Å²) in [5.74, 6) is 5.89. The van der Waals surface area contributed by atoms with E-state index in [0.717, 1.165) is 11.1 Å². The molecular formula is C18H18N2O3. The van der Waals surface area contributed by atoms with Crippen LogP contribution in [0.3, 0.4) is 0 Å². The molecule has 0 aliphatic rings. The Kier molecular flexibility index (Phi) is 6.64. The Morgan fingerprint density at radius 3 is 2.74 bits per heavy atom. The van der Waals surface area contributed by atoms with Gasteiger partial charge in [0.25, 0.3) is 0 Å². The smallest absolute Gasteiger partial charge is 0.407 e. The van der Waals surface area contributed by atoms with E-state index >= 15 is 0 Å². The first kappa shape index (κ1) is 16.5. The second-order valence-electron chi connectivity index (χ2n) is 4.74. The predicted octanol–water partition coefficient (Wildman–Crippen LogP) is 2.24. The molecule has 0 radical (unpaired) electrons. The van der Waals surface area contributed by atoms with Gasteiger partial charge in [-0.15, -0.1) is 0 Å². The van der Waals surface area contributed by atoms with Gasteiger partial charge in [0.05, 0.1) is 12.3 Å². The second-order valence-corrected chi connectivity index (χ2v) is 4.74. The van der Waals surface area contributed by atoms with Gasteiger partial charge in [-0.05, 0) is 17.7 Å². The maximum absolute atomic E-state index is 11.5. The average molecular weight is 310 g/mol. The van der Waals surface area contributed by atoms with Crippen LogP contribution in [0.4, 0.5) is 4.79 Å². The van der Waals surface area contributed by atoms with E-state index in [2.05, 4.69) is 22.1 Å². The Bertz CT molecular complexity index is 673. The zero-order valence-electron chi connectivity index (χ0n) is 12.7. The highest BCUT2D eigenvalue weighted by Crippen LogP contribution is 2.00. The fourth-order valence-corrected chi connectivity index (χ4v) is 1.76. The molecule has 118 valence electrons. The number of nitrogens with zero attached hydrogens (tertiary/aromatic N) is 1. The first-order valence-electron chi connectivity index (χ1n) is 7.27. The Hall–Kier alpha value is -2.84. The number of aliphatic hydroxyl groups is 1. The number of carbonyl (C=O) groups is 1. The van der Waals surface area contributed by atoms with E-state index in [1.807, 2.05) is 30.3 Å². The Balaban J connectivity index is 1.65. The molecule has 2 rings (SSSR count). The highest BCUT2D eigenvalue weighted by atomic mass is 16.5. The van der Waals surface area contributed by atoms with E-state index in [4.69, 9.17) is 9.84 Å². The van der Waals surface area contributed by atoms with Gasteiger partial charge in [-0.2, -0.15) is 0 Å². The monoisotopic (exact) mass is 310 g/mol. The molecule has 5 nitrogen and oxygen atoms in total. The topological polar surface area (TPSA) is 71.5 Å². The maximum Gasteiger partial charge on any atom is 0.407 e. The minimum absolute atomic E-state index is 0.0806. The molecule has 0 unspecified atom stereocenters. The molecule has 2 aromatic rings. The molecule has 5 heteroatoms. The standard InChI is InChI=1S/C18H18N2O3/c21-13-17-10-9-15(12-20-17)6-4-5-11-19-18(22)23-14-16-7-2-1-3-8-16/h1-3,7-10,12,21H,5,11,13-14H2,(H,19,22). The van der Waals surface area contributed by atoms with Crippen LogP contribution in [0.5, 0.6) is 0 Å². The molecule has 0 aliphatic carbocycles. The van der Waals surface area contributed by atoms with Gasteiger partial charge in [-0.3, -0.25) is 4.98 Å². The van der Waals surface area contributed by atoms with Crippen molar-refractivity contribution in [2.75, 3.05) is 6.54 Å². The Morgan fingerprint density at radius 1 is 1.22 bits per heavy atom. The van der Waals surface area contributed by atoms with Gasteiger partial charge in [0.1, 0.15) is 6.61 Å². The molecule has 0 spiro atoms. The lowest BCUT2D eigenvalue weighted by atomic mass is 10.2. The number of hydrogen-bond acceptors (Lipinski definition) is 4. The summed E-state index contributed by atoms with van der Waals surface area (Å²) in [5.41, 5.74) is 2.33. The fourth-order valence-electron chi connectivity index (χ4n) is 1.76. The molecule has 1 heterocycles. The van der Waals surface area contributed by atoms with Crippen LogP contribution in [-0.2, 0) is 18.0 Å². The van der Waals surface area contributed by atoms with Gasteiger partial charge in [-0.25, -0.2) is 4.79 Å². The number of aromatic nitrogens is 1. The van der Waals surface area contributed by atoms with E-state index < -0.39 is 6.09 Å². The highest BCUT2D eigenvalue weighted by molar-refractivity contribution is 5.67. The van der Waals surface area contributed by atoms with Crippen molar-refractivity contribution in [1.82, 2.24) is 10.3 Å². The van der Waals surface area contributed by atoms with Crippen molar-refractivity contribution in [3.8, 4) is 11.8 Å². The summed E-state index contributed by atoms with van der Waals surface area (Å²) in [6, 6.07) is 13.0. The van der Waals surface area contributed by atoms with Crippen LogP contribution in [-0.4, -0.2) is 22.7 Å². The molecular weight excluding hydrogens is 292 g/mol. The summed E-state index contributed by atoms with van der Waals surface area (Å²) in [6.45, 7) is 0.590. The van der Waals surface area contributed by atoms with Crippen molar-refractivity contribution in [2.45, 2.75) is 19.6 Å². The number of pyridine rings is 1. The van der Waals surface area contributed by atoms with Crippen molar-refractivity contribution < 1.29 is 14.6 Å². The van der Waals surface area contributed by atoms with Crippen molar-refractivity contribution in [3.63, 3.8) is 0 Å². The largest absolute Gasteiger partial charge is 0.445 e. The first-order chi connectivity index (χ1) is 11.3. The molecule has 0 saturated heterocycles. The van der Waals surface area contributed by atoms with E-state index in [1.165, 1.54) is 0 Å². The molecule has 23 heavy (non-hydrogen) atoms. The molecule has 1 amide bonds. The summed E-state index contributed by atoms with van der Waals surface area (Å²) in [5, 5.41) is 11.5. The lowest BCUT2D eigenvalue weighted by Gasteiger charge is -2.05. The third-order valence-corrected chi connectivity index (χ3v) is 2.95. The molecule has 0 bridgehead atoms. The lowest BCUT2D eigenvalue weighted by molar-refractivity contribution is 0.140. The summed E-state index contributed by atoms with van der Waals surface area (Å²) in [6.07, 6.45) is 1.67. The van der Waals surface area contributed by atoms with Crippen molar-refractivity contribution in [1.29, 1.82) is 0 Å². The number of rotatable bonds is 5. The summed E-state index contributed by atoms with van der Waals surface area (Å²) >= 11 is 0. The second kappa shape index (κ2) is 9.23. The lowest BCUT2D eigenvalue weighted by Crippen LogP contribution is -2.24. The zero-order chi connectivity index (χ0) is 16.3. The van der Waals surface area contributed by atoms with Crippen molar-refractivity contribution >= 4 is 6.09 Å². The van der Waals surface area contributed by atoms with Crippen LogP contribution >= 0.6 is 0 Å². The Morgan fingerprint density at radius 2 is 2.04 bits per heavy atom. The van der Waals surface area contributed by atoms with Gasteiger partial charge in [0, 0.05) is 24.7 Å². The number of alkyl carbamates (subject to hydrolysis) is 1. The van der Waals surface area contributed by atoms with Gasteiger partial charge in [0.2, 0.25) is 0 Å². The number of nitrogens with one attached hydrogen (secondary N) is 1. The van der Waals surface area contributed by atoms with Crippen LogP contribution in [0.1, 0.15) is 23.2 Å². The molecule has 1 aromatic carbocycles. The van der Waals surface area contributed by atoms with Crippen LogP contribution < -0.4 is 5.32 Å². The summed E-state index contributed by atoms with van der Waals surface area (Å²) in [7, 11) is 0. The number of carbonyl (C=O) groups excluding carboxylic acids is 1. The average Bonchev–Trinajstić information content (AvgIpc) is 2.61. The van der Waals surface area contributed by atoms with Crippen LogP contribution in [0, 0.1) is 11.8 Å². The van der Waals surface area contributed by atoms with E-state index in [0.29, 0.717) is 18.7 Å². The van der Waals surface area contributed by atoms with Crippen molar-refractivity contribution in [2.24, 2.45) is 0 Å². The minimum atomic E-state index is -0.454. The van der Waals surface area contributed by atoms with Gasteiger partial charge < -0.3 is 15.2 Å². The number of benzene rings is 1. The quantitative estimate of drug-likeness (QED) is 0.656. The minimum Gasteiger partial charge on any atom is -0.445 e. The van der Waals surface area contributed by atoms with E-state index in [1.54, 1.807) is 18.3 Å². The fraction of sp³-hybridized carbons (Fsp3) is 0.222. The zero-order valence-corrected chi connectivity index (χ0v) is 12.7. The number of amides is 1. The molecule has 0 fully saturated rings. The van der Waals surface area contributed by atoms with Gasteiger partial charge in [0.15, 0.2) is 0 Å². The SMILES string of the molecule is O=C(NCCC#Cc1ccc(CO)nc1)OCc1ccccc1. The van der Waals surface area contributed by atoms with Gasteiger partial charge in [-0.1, -0.05) is 42.2 Å². The van der Waals surface area contributed by atoms with Crippen LogP contribution in [0.15, 0.2) is 48.7 Å². The number of ether oxygens (including phenoxy) is 1. The van der Waals surface area contributed by atoms with Gasteiger partial charge >= 0.3 is 6.09 Å². The number of hydrogen-bond donors (Lipinski definition) is 2. The Labute approximate surface area is 135 Å². The third kappa shape index (κ3) is 6.20.